The minimum atomic E-state index is 0.469. The van der Waals surface area contributed by atoms with Crippen LogP contribution in [-0.2, 0) is 11.3 Å². The summed E-state index contributed by atoms with van der Waals surface area (Å²) in [6, 6.07) is 4.01. The first-order valence-corrected chi connectivity index (χ1v) is 5.53. The molecule has 3 heteroatoms. The lowest BCUT2D eigenvalue weighted by atomic mass is 9.82. The Balaban J connectivity index is 1.64. The largest absolute Gasteiger partial charge is 0.374 e. The fourth-order valence-corrected chi connectivity index (χ4v) is 1.96. The first-order chi connectivity index (χ1) is 7.38. The molecule has 0 aliphatic heterocycles. The van der Waals surface area contributed by atoms with Crippen LogP contribution < -0.4 is 5.32 Å². The maximum absolute atomic E-state index is 5.79. The Labute approximate surface area is 90.9 Å². The van der Waals surface area contributed by atoms with Gasteiger partial charge in [-0.05, 0) is 50.0 Å². The van der Waals surface area contributed by atoms with Gasteiger partial charge in [0.15, 0.2) is 0 Å². The van der Waals surface area contributed by atoms with Crippen LogP contribution in [0.15, 0.2) is 24.5 Å². The summed E-state index contributed by atoms with van der Waals surface area (Å²) < 4.78 is 5.79. The van der Waals surface area contributed by atoms with E-state index in [0.29, 0.717) is 6.10 Å². The molecule has 0 bridgehead atoms. The van der Waals surface area contributed by atoms with E-state index in [4.69, 9.17) is 4.74 Å². The Morgan fingerprint density at radius 1 is 1.40 bits per heavy atom. The van der Waals surface area contributed by atoms with E-state index in [1.165, 1.54) is 18.4 Å². The topological polar surface area (TPSA) is 34.1 Å². The van der Waals surface area contributed by atoms with Crippen LogP contribution >= 0.6 is 0 Å². The number of nitrogens with zero attached hydrogens (tertiary/aromatic N) is 1. The third-order valence-corrected chi connectivity index (χ3v) is 2.92. The zero-order valence-electron chi connectivity index (χ0n) is 9.15. The van der Waals surface area contributed by atoms with E-state index in [1.807, 2.05) is 31.6 Å². The molecule has 1 N–H and O–H groups in total. The van der Waals surface area contributed by atoms with Crippen molar-refractivity contribution in [1.82, 2.24) is 10.3 Å². The van der Waals surface area contributed by atoms with Gasteiger partial charge in [-0.25, -0.2) is 0 Å². The van der Waals surface area contributed by atoms with Crippen molar-refractivity contribution in [2.75, 3.05) is 13.6 Å². The minimum absolute atomic E-state index is 0.469. The number of aromatic nitrogens is 1. The highest BCUT2D eigenvalue weighted by Gasteiger charge is 2.28. The number of hydrogen-bond donors (Lipinski definition) is 1. The van der Waals surface area contributed by atoms with Gasteiger partial charge in [0.25, 0.3) is 0 Å². The van der Waals surface area contributed by atoms with E-state index in [0.717, 1.165) is 19.1 Å². The molecule has 0 spiro atoms. The van der Waals surface area contributed by atoms with Gasteiger partial charge in [-0.1, -0.05) is 0 Å². The zero-order valence-corrected chi connectivity index (χ0v) is 9.15. The van der Waals surface area contributed by atoms with Gasteiger partial charge >= 0.3 is 0 Å². The molecule has 0 unspecified atom stereocenters. The first kappa shape index (κ1) is 10.6. The van der Waals surface area contributed by atoms with Crippen LogP contribution in [0.4, 0.5) is 0 Å². The molecule has 1 aliphatic rings. The molecule has 15 heavy (non-hydrogen) atoms. The molecular weight excluding hydrogens is 188 g/mol. The van der Waals surface area contributed by atoms with E-state index in [-0.39, 0.29) is 0 Å². The SMILES string of the molecule is CNCC1CC(OCc2ccncc2)C1. The quantitative estimate of drug-likeness (QED) is 0.794. The molecule has 3 nitrogen and oxygen atoms in total. The van der Waals surface area contributed by atoms with Crippen LogP contribution in [-0.4, -0.2) is 24.7 Å². The Kier molecular flexibility index (Phi) is 3.69. The van der Waals surface area contributed by atoms with E-state index in [1.54, 1.807) is 0 Å². The van der Waals surface area contributed by atoms with Crippen LogP contribution in [0.3, 0.4) is 0 Å². The molecule has 1 fully saturated rings. The van der Waals surface area contributed by atoms with E-state index in [2.05, 4.69) is 10.3 Å². The van der Waals surface area contributed by atoms with E-state index in [9.17, 15) is 0 Å². The molecule has 0 radical (unpaired) electrons. The van der Waals surface area contributed by atoms with Gasteiger partial charge in [0.1, 0.15) is 0 Å². The summed E-state index contributed by atoms with van der Waals surface area (Å²) >= 11 is 0. The predicted molar refractivity (Wildman–Crippen MR) is 59.5 cm³/mol. The highest BCUT2D eigenvalue weighted by Crippen LogP contribution is 2.29. The first-order valence-electron chi connectivity index (χ1n) is 5.53. The van der Waals surface area contributed by atoms with Crippen LogP contribution in [0.5, 0.6) is 0 Å². The van der Waals surface area contributed by atoms with Crippen molar-refractivity contribution in [1.29, 1.82) is 0 Å². The second-order valence-corrected chi connectivity index (χ2v) is 4.18. The summed E-state index contributed by atoms with van der Waals surface area (Å²) in [6.45, 7) is 1.84. The van der Waals surface area contributed by atoms with Gasteiger partial charge < -0.3 is 10.1 Å². The van der Waals surface area contributed by atoms with Crippen molar-refractivity contribution in [3.05, 3.63) is 30.1 Å². The third-order valence-electron chi connectivity index (χ3n) is 2.92. The summed E-state index contributed by atoms with van der Waals surface area (Å²) in [6.07, 6.45) is 6.49. The van der Waals surface area contributed by atoms with Crippen molar-refractivity contribution >= 4 is 0 Å². The van der Waals surface area contributed by atoms with Gasteiger partial charge in [-0.3, -0.25) is 4.98 Å². The van der Waals surface area contributed by atoms with Crippen LogP contribution in [0.1, 0.15) is 18.4 Å². The van der Waals surface area contributed by atoms with E-state index >= 15 is 0 Å². The van der Waals surface area contributed by atoms with Gasteiger partial charge in [0.05, 0.1) is 12.7 Å². The lowest BCUT2D eigenvalue weighted by Crippen LogP contribution is -2.36. The molecule has 82 valence electrons. The van der Waals surface area contributed by atoms with Gasteiger partial charge in [0, 0.05) is 12.4 Å². The standard InChI is InChI=1S/C12H18N2O/c1-13-8-11-6-12(7-11)15-9-10-2-4-14-5-3-10/h2-5,11-13H,6-9H2,1H3. The van der Waals surface area contributed by atoms with Gasteiger partial charge in [0.2, 0.25) is 0 Å². The minimum Gasteiger partial charge on any atom is -0.374 e. The molecule has 0 atom stereocenters. The van der Waals surface area contributed by atoms with Gasteiger partial charge in [-0.2, -0.15) is 0 Å². The summed E-state index contributed by atoms with van der Waals surface area (Å²) in [5, 5.41) is 3.20. The van der Waals surface area contributed by atoms with Crippen molar-refractivity contribution in [2.24, 2.45) is 5.92 Å². The van der Waals surface area contributed by atoms with Crippen LogP contribution in [0, 0.1) is 5.92 Å². The lowest BCUT2D eigenvalue weighted by molar-refractivity contribution is -0.0391. The number of nitrogens with one attached hydrogen (secondary N) is 1. The number of hydrogen-bond acceptors (Lipinski definition) is 3. The highest BCUT2D eigenvalue weighted by molar-refractivity contribution is 5.08. The maximum atomic E-state index is 5.79. The zero-order chi connectivity index (χ0) is 10.5. The predicted octanol–water partition coefficient (Wildman–Crippen LogP) is 1.60. The summed E-state index contributed by atoms with van der Waals surface area (Å²) in [5.41, 5.74) is 1.21. The molecule has 1 heterocycles. The number of pyridine rings is 1. The molecule has 2 rings (SSSR count). The smallest absolute Gasteiger partial charge is 0.0721 e. The highest BCUT2D eigenvalue weighted by atomic mass is 16.5. The second kappa shape index (κ2) is 5.24. The molecular formula is C12H18N2O. The molecule has 1 aromatic rings. The maximum Gasteiger partial charge on any atom is 0.0721 e. The summed E-state index contributed by atoms with van der Waals surface area (Å²) in [7, 11) is 2.01. The van der Waals surface area contributed by atoms with Crippen molar-refractivity contribution in [3.63, 3.8) is 0 Å². The molecule has 0 amide bonds. The molecule has 1 aliphatic carbocycles. The Hall–Kier alpha value is -0.930. The summed E-state index contributed by atoms with van der Waals surface area (Å²) in [4.78, 5) is 3.98. The Morgan fingerprint density at radius 2 is 2.13 bits per heavy atom. The monoisotopic (exact) mass is 206 g/mol. The average molecular weight is 206 g/mol. The van der Waals surface area contributed by atoms with Crippen molar-refractivity contribution < 1.29 is 4.74 Å². The lowest BCUT2D eigenvalue weighted by Gasteiger charge is -2.35. The molecule has 1 saturated carbocycles. The van der Waals surface area contributed by atoms with Gasteiger partial charge in [-0.15, -0.1) is 0 Å². The number of rotatable bonds is 5. The molecule has 1 aromatic heterocycles. The van der Waals surface area contributed by atoms with E-state index < -0.39 is 0 Å². The Bertz CT molecular complexity index is 283. The normalized spacial score (nSPS) is 24.9. The third kappa shape index (κ3) is 3.01. The van der Waals surface area contributed by atoms with Crippen LogP contribution in [0.25, 0.3) is 0 Å². The Morgan fingerprint density at radius 3 is 2.80 bits per heavy atom. The van der Waals surface area contributed by atoms with Crippen LogP contribution in [0.2, 0.25) is 0 Å². The fourth-order valence-electron chi connectivity index (χ4n) is 1.96. The second-order valence-electron chi connectivity index (χ2n) is 4.18. The molecule has 0 aromatic carbocycles. The average Bonchev–Trinajstić information content (AvgIpc) is 2.23. The summed E-state index contributed by atoms with van der Waals surface area (Å²) in [5.74, 6) is 0.817. The number of ether oxygens (including phenoxy) is 1. The fraction of sp³-hybridized carbons (Fsp3) is 0.583. The van der Waals surface area contributed by atoms with Crippen molar-refractivity contribution in [3.8, 4) is 0 Å². The molecule has 0 saturated heterocycles. The van der Waals surface area contributed by atoms with Crippen molar-refractivity contribution in [2.45, 2.75) is 25.6 Å².